The summed E-state index contributed by atoms with van der Waals surface area (Å²) in [6.45, 7) is 10.4. The Morgan fingerprint density at radius 2 is 1.81 bits per heavy atom. The van der Waals surface area contributed by atoms with Crippen molar-refractivity contribution in [2.45, 2.75) is 44.5 Å². The first-order chi connectivity index (χ1) is 13.0. The van der Waals surface area contributed by atoms with Crippen molar-refractivity contribution >= 4 is 17.4 Å². The summed E-state index contributed by atoms with van der Waals surface area (Å²) in [5.41, 5.74) is 2.27. The second-order valence-electron chi connectivity index (χ2n) is 6.57. The molecule has 0 amide bonds. The van der Waals surface area contributed by atoms with Crippen molar-refractivity contribution in [3.8, 4) is 11.4 Å². The lowest BCUT2D eigenvalue weighted by Gasteiger charge is -2.21. The number of hydrogen-bond donors (Lipinski definition) is 0. The van der Waals surface area contributed by atoms with Gasteiger partial charge in [-0.25, -0.2) is 0 Å². The zero-order valence-corrected chi connectivity index (χ0v) is 17.3. The Kier molecular flexibility index (Phi) is 6.15. The number of nitrogens with zero attached hydrogens (tertiary/aromatic N) is 6. The van der Waals surface area contributed by atoms with Gasteiger partial charge in [0.1, 0.15) is 0 Å². The monoisotopic (exact) mass is 386 g/mol. The van der Waals surface area contributed by atoms with Gasteiger partial charge in [-0.15, -0.1) is 10.2 Å². The van der Waals surface area contributed by atoms with Crippen LogP contribution in [-0.2, 0) is 12.8 Å². The fourth-order valence-corrected chi connectivity index (χ4v) is 3.54. The van der Waals surface area contributed by atoms with Crippen molar-refractivity contribution in [2.75, 3.05) is 18.0 Å². The van der Waals surface area contributed by atoms with Crippen LogP contribution in [0.25, 0.3) is 11.4 Å². The highest BCUT2D eigenvalue weighted by atomic mass is 32.2. The van der Waals surface area contributed by atoms with Crippen LogP contribution in [0.5, 0.6) is 0 Å². The van der Waals surface area contributed by atoms with Crippen molar-refractivity contribution in [1.29, 1.82) is 0 Å². The van der Waals surface area contributed by atoms with Crippen LogP contribution >= 0.6 is 11.8 Å². The molecule has 3 rings (SSSR count). The first-order valence-electron chi connectivity index (χ1n) is 9.23. The van der Waals surface area contributed by atoms with Gasteiger partial charge in [-0.1, -0.05) is 30.8 Å². The maximum atomic E-state index is 5.29. The molecule has 0 saturated carbocycles. The number of hydrogen-bond acceptors (Lipinski definition) is 7. The highest BCUT2D eigenvalue weighted by Crippen LogP contribution is 2.26. The molecule has 0 fully saturated rings. The number of thioether (sulfide) groups is 1. The van der Waals surface area contributed by atoms with Crippen LogP contribution in [0.15, 0.2) is 33.9 Å². The van der Waals surface area contributed by atoms with Crippen LogP contribution in [0.1, 0.15) is 45.3 Å². The summed E-state index contributed by atoms with van der Waals surface area (Å²) in [7, 11) is 1.98. The molecule has 8 heteroatoms. The highest BCUT2D eigenvalue weighted by Gasteiger charge is 2.15. The molecule has 1 aromatic carbocycles. The number of benzene rings is 1. The van der Waals surface area contributed by atoms with Gasteiger partial charge in [-0.05, 0) is 38.1 Å². The van der Waals surface area contributed by atoms with Gasteiger partial charge in [0.05, 0.1) is 5.75 Å². The Balaban J connectivity index is 1.71. The molecule has 0 N–H and O–H groups in total. The van der Waals surface area contributed by atoms with Crippen LogP contribution in [0, 0.1) is 0 Å². The molecule has 0 spiro atoms. The lowest BCUT2D eigenvalue weighted by atomic mass is 10.2. The molecule has 0 bridgehead atoms. The number of rotatable bonds is 8. The third-order valence-corrected chi connectivity index (χ3v) is 5.42. The summed E-state index contributed by atoms with van der Waals surface area (Å²) in [5, 5.41) is 13.5. The lowest BCUT2D eigenvalue weighted by molar-refractivity contribution is 0.382. The molecule has 2 aromatic heterocycles. The zero-order valence-electron chi connectivity index (χ0n) is 16.5. The van der Waals surface area contributed by atoms with Gasteiger partial charge in [0, 0.05) is 37.3 Å². The van der Waals surface area contributed by atoms with Crippen molar-refractivity contribution < 1.29 is 4.52 Å². The van der Waals surface area contributed by atoms with E-state index in [0.29, 0.717) is 11.6 Å². The fraction of sp³-hybridized carbons (Fsp3) is 0.474. The Bertz CT molecular complexity index is 867. The van der Waals surface area contributed by atoms with Crippen LogP contribution < -0.4 is 4.90 Å². The van der Waals surface area contributed by atoms with Crippen LogP contribution in [0.2, 0.25) is 0 Å². The molecule has 0 aliphatic rings. The van der Waals surface area contributed by atoms with Gasteiger partial charge in [0.15, 0.2) is 16.8 Å². The minimum Gasteiger partial charge on any atom is -0.372 e. The molecule has 0 saturated heterocycles. The minimum absolute atomic E-state index is 0.258. The Labute approximate surface area is 164 Å². The van der Waals surface area contributed by atoms with Crippen molar-refractivity contribution in [3.63, 3.8) is 0 Å². The molecule has 0 radical (unpaired) electrons. The van der Waals surface area contributed by atoms with E-state index < -0.39 is 0 Å². The molecule has 144 valence electrons. The summed E-state index contributed by atoms with van der Waals surface area (Å²) in [5.74, 6) is 3.02. The van der Waals surface area contributed by atoms with Crippen LogP contribution in [0.3, 0.4) is 0 Å². The molecule has 3 aromatic rings. The molecule has 0 atom stereocenters. The van der Waals surface area contributed by atoms with E-state index in [9.17, 15) is 0 Å². The largest absolute Gasteiger partial charge is 0.372 e. The quantitative estimate of drug-likeness (QED) is 0.539. The molecule has 0 aliphatic heterocycles. The summed E-state index contributed by atoms with van der Waals surface area (Å²) in [6, 6.07) is 8.46. The third-order valence-electron chi connectivity index (χ3n) is 4.41. The zero-order chi connectivity index (χ0) is 19.4. The molecular weight excluding hydrogens is 360 g/mol. The summed E-state index contributed by atoms with van der Waals surface area (Å²) in [4.78, 5) is 6.72. The van der Waals surface area contributed by atoms with E-state index in [-0.39, 0.29) is 5.92 Å². The molecule has 7 nitrogen and oxygen atoms in total. The Hall–Kier alpha value is -2.35. The van der Waals surface area contributed by atoms with Crippen molar-refractivity contribution in [1.82, 2.24) is 24.9 Å². The van der Waals surface area contributed by atoms with Crippen LogP contribution in [0.4, 0.5) is 5.69 Å². The molecule has 2 heterocycles. The first kappa shape index (κ1) is 19.4. The maximum Gasteiger partial charge on any atom is 0.237 e. The van der Waals surface area contributed by atoms with Gasteiger partial charge in [0.2, 0.25) is 5.89 Å². The number of anilines is 1. The minimum atomic E-state index is 0.258. The predicted molar refractivity (Wildman–Crippen MR) is 108 cm³/mol. The second-order valence-corrected chi connectivity index (χ2v) is 7.52. The SMILES string of the molecule is CCN(CC)c1ccc(-c2nnc(SCc3nc(C(C)C)no3)n2C)cc1. The first-order valence-corrected chi connectivity index (χ1v) is 10.2. The van der Waals surface area contributed by atoms with E-state index >= 15 is 0 Å². The van der Waals surface area contributed by atoms with Gasteiger partial charge in [-0.3, -0.25) is 0 Å². The topological polar surface area (TPSA) is 72.9 Å². The fourth-order valence-electron chi connectivity index (χ4n) is 2.79. The van der Waals surface area contributed by atoms with E-state index in [0.717, 1.165) is 35.5 Å². The summed E-state index contributed by atoms with van der Waals surface area (Å²) >= 11 is 1.54. The molecule has 0 unspecified atom stereocenters. The van der Waals surface area contributed by atoms with Gasteiger partial charge >= 0.3 is 0 Å². The normalized spacial score (nSPS) is 11.3. The average Bonchev–Trinajstić information content (AvgIpc) is 3.29. The van der Waals surface area contributed by atoms with Crippen molar-refractivity contribution in [3.05, 3.63) is 36.0 Å². The van der Waals surface area contributed by atoms with E-state index in [1.807, 2.05) is 25.5 Å². The maximum absolute atomic E-state index is 5.29. The number of aromatic nitrogens is 5. The average molecular weight is 387 g/mol. The van der Waals surface area contributed by atoms with Gasteiger partial charge in [0.25, 0.3) is 0 Å². The summed E-state index contributed by atoms with van der Waals surface area (Å²) in [6.07, 6.45) is 0. The molecular formula is C19H26N6OS. The van der Waals surface area contributed by atoms with E-state index in [4.69, 9.17) is 4.52 Å². The van der Waals surface area contributed by atoms with E-state index in [2.05, 4.69) is 63.4 Å². The van der Waals surface area contributed by atoms with E-state index in [1.54, 1.807) is 11.8 Å². The molecule has 0 aliphatic carbocycles. The standard InChI is InChI=1S/C19H26N6OS/c1-6-25(7-2)15-10-8-14(9-11-15)18-21-22-19(24(18)5)27-12-16-20-17(13(3)4)23-26-16/h8-11,13H,6-7,12H2,1-5H3. The molecule has 27 heavy (non-hydrogen) atoms. The predicted octanol–water partition coefficient (Wildman–Crippen LogP) is 4.13. The van der Waals surface area contributed by atoms with Crippen molar-refractivity contribution in [2.24, 2.45) is 7.05 Å². The highest BCUT2D eigenvalue weighted by molar-refractivity contribution is 7.98. The smallest absolute Gasteiger partial charge is 0.237 e. The second kappa shape index (κ2) is 8.56. The van der Waals surface area contributed by atoms with Gasteiger partial charge in [-0.2, -0.15) is 4.98 Å². The Morgan fingerprint density at radius 1 is 1.11 bits per heavy atom. The lowest BCUT2D eigenvalue weighted by Crippen LogP contribution is -2.21. The Morgan fingerprint density at radius 3 is 2.41 bits per heavy atom. The van der Waals surface area contributed by atoms with Crippen LogP contribution in [-0.4, -0.2) is 38.0 Å². The third kappa shape index (κ3) is 4.32. The van der Waals surface area contributed by atoms with Gasteiger partial charge < -0.3 is 14.0 Å². The van der Waals surface area contributed by atoms with E-state index in [1.165, 1.54) is 5.69 Å². The summed E-state index contributed by atoms with van der Waals surface area (Å²) < 4.78 is 7.29.